The van der Waals surface area contributed by atoms with E-state index in [0.29, 0.717) is 5.56 Å². The second-order valence-corrected chi connectivity index (χ2v) is 3.33. The van der Waals surface area contributed by atoms with Gasteiger partial charge in [0.15, 0.2) is 0 Å². The number of carbonyl (C=O) groups is 2. The topological polar surface area (TPSA) is 86.5 Å². The molecule has 1 aromatic rings. The summed E-state index contributed by atoms with van der Waals surface area (Å²) in [5, 5.41) is 10.5. The Hall–Kier alpha value is -2.50. The Labute approximate surface area is 103 Å². The number of nitrogens with zero attached hydrogens (tertiary/aromatic N) is 1. The number of ether oxygens (including phenoxy) is 1. The Balaban J connectivity index is 2.72. The number of nitro groups is 1. The van der Waals surface area contributed by atoms with Gasteiger partial charge in [-0.05, 0) is 11.6 Å². The van der Waals surface area contributed by atoms with Gasteiger partial charge in [0.1, 0.15) is 0 Å². The van der Waals surface area contributed by atoms with Crippen LogP contribution >= 0.6 is 0 Å². The van der Waals surface area contributed by atoms with Crippen LogP contribution in [0.5, 0.6) is 0 Å². The molecule has 0 N–H and O–H groups in total. The molecule has 1 aromatic carbocycles. The van der Waals surface area contributed by atoms with Crippen LogP contribution in [-0.2, 0) is 14.3 Å². The van der Waals surface area contributed by atoms with Gasteiger partial charge in [0, 0.05) is 24.6 Å². The van der Waals surface area contributed by atoms with Gasteiger partial charge in [0.25, 0.3) is 5.69 Å². The van der Waals surface area contributed by atoms with Crippen molar-refractivity contribution < 1.29 is 19.2 Å². The molecule has 0 saturated heterocycles. The van der Waals surface area contributed by atoms with E-state index in [-0.39, 0.29) is 12.1 Å². The van der Waals surface area contributed by atoms with Gasteiger partial charge in [-0.15, -0.1) is 0 Å². The van der Waals surface area contributed by atoms with Crippen molar-refractivity contribution in [3.63, 3.8) is 0 Å². The van der Waals surface area contributed by atoms with Crippen LogP contribution < -0.4 is 0 Å². The molecule has 0 unspecified atom stereocenters. The number of non-ortho nitro benzene ring substituents is 1. The zero-order chi connectivity index (χ0) is 13.5. The van der Waals surface area contributed by atoms with Crippen molar-refractivity contribution in [2.75, 3.05) is 0 Å². The quantitative estimate of drug-likeness (QED) is 0.268. The Morgan fingerprint density at radius 3 is 2.78 bits per heavy atom. The zero-order valence-corrected chi connectivity index (χ0v) is 9.66. The summed E-state index contributed by atoms with van der Waals surface area (Å²) in [6.45, 7) is 1.57. The van der Waals surface area contributed by atoms with Crippen molar-refractivity contribution in [2.45, 2.75) is 13.3 Å². The second-order valence-electron chi connectivity index (χ2n) is 3.33. The molecule has 0 atom stereocenters. The number of rotatable bonds is 4. The van der Waals surface area contributed by atoms with Crippen molar-refractivity contribution in [3.05, 3.63) is 46.0 Å². The summed E-state index contributed by atoms with van der Waals surface area (Å²) in [7, 11) is 0. The Morgan fingerprint density at radius 2 is 2.17 bits per heavy atom. The van der Waals surface area contributed by atoms with Crippen molar-refractivity contribution in [1.82, 2.24) is 0 Å². The predicted octanol–water partition coefficient (Wildman–Crippen LogP) is 2.09. The molecule has 0 heterocycles. The lowest BCUT2D eigenvalue weighted by molar-refractivity contribution is -0.384. The highest BCUT2D eigenvalue weighted by Gasteiger charge is 2.06. The van der Waals surface area contributed by atoms with Gasteiger partial charge in [-0.1, -0.05) is 19.1 Å². The number of hydrogen-bond donors (Lipinski definition) is 0. The normalized spacial score (nSPS) is 10.3. The molecule has 0 aliphatic heterocycles. The molecule has 18 heavy (non-hydrogen) atoms. The minimum Gasteiger partial charge on any atom is -0.390 e. The summed E-state index contributed by atoms with van der Waals surface area (Å²) in [5.74, 6) is -1.42. The standard InChI is InChI=1S/C12H11NO5/c1-2-11(14)18-12(15)7-6-9-4-3-5-10(8-9)13(16)17/h3-8H,2H2,1H3. The third kappa shape index (κ3) is 4.17. The van der Waals surface area contributed by atoms with Crippen LogP contribution in [0.3, 0.4) is 0 Å². The highest BCUT2D eigenvalue weighted by Crippen LogP contribution is 2.14. The lowest BCUT2D eigenvalue weighted by Crippen LogP contribution is -2.08. The molecule has 0 amide bonds. The predicted molar refractivity (Wildman–Crippen MR) is 63.5 cm³/mol. The number of esters is 2. The molecule has 0 aliphatic carbocycles. The van der Waals surface area contributed by atoms with Gasteiger partial charge in [-0.25, -0.2) is 4.79 Å². The van der Waals surface area contributed by atoms with Gasteiger partial charge in [0.05, 0.1) is 4.92 Å². The first-order chi connectivity index (χ1) is 8.52. The maximum absolute atomic E-state index is 11.1. The number of nitro benzene ring substituents is 1. The molecular weight excluding hydrogens is 238 g/mol. The van der Waals surface area contributed by atoms with Crippen molar-refractivity contribution >= 4 is 23.7 Å². The van der Waals surface area contributed by atoms with E-state index in [2.05, 4.69) is 4.74 Å². The largest absolute Gasteiger partial charge is 0.390 e. The Bertz CT molecular complexity index is 507. The summed E-state index contributed by atoms with van der Waals surface area (Å²) in [5.41, 5.74) is 0.403. The molecule has 0 spiro atoms. The molecule has 6 nitrogen and oxygen atoms in total. The lowest BCUT2D eigenvalue weighted by Gasteiger charge is -1.96. The molecule has 0 fully saturated rings. The van der Waals surface area contributed by atoms with Gasteiger partial charge in [-0.3, -0.25) is 14.9 Å². The van der Waals surface area contributed by atoms with Crippen molar-refractivity contribution in [2.24, 2.45) is 0 Å². The molecule has 1 rings (SSSR count). The first-order valence-electron chi connectivity index (χ1n) is 5.20. The minimum atomic E-state index is -0.798. The third-order valence-electron chi connectivity index (χ3n) is 2.00. The number of carbonyl (C=O) groups excluding carboxylic acids is 2. The average Bonchev–Trinajstić information content (AvgIpc) is 2.36. The first-order valence-corrected chi connectivity index (χ1v) is 5.20. The summed E-state index contributed by atoms with van der Waals surface area (Å²) in [6.07, 6.45) is 2.50. The SMILES string of the molecule is CCC(=O)OC(=O)C=Cc1cccc([N+](=O)[O-])c1. The first kappa shape index (κ1) is 13.6. The molecule has 94 valence electrons. The average molecular weight is 249 g/mol. The highest BCUT2D eigenvalue weighted by atomic mass is 16.6. The molecule has 0 bridgehead atoms. The fraction of sp³-hybridized carbons (Fsp3) is 0.167. The Morgan fingerprint density at radius 1 is 1.44 bits per heavy atom. The summed E-state index contributed by atoms with van der Waals surface area (Å²) >= 11 is 0. The van der Waals surface area contributed by atoms with Crippen LogP contribution in [0.25, 0.3) is 6.08 Å². The van der Waals surface area contributed by atoms with E-state index < -0.39 is 16.9 Å². The fourth-order valence-electron chi connectivity index (χ4n) is 1.12. The van der Waals surface area contributed by atoms with Crippen molar-refractivity contribution in [1.29, 1.82) is 0 Å². The van der Waals surface area contributed by atoms with E-state index in [0.717, 1.165) is 6.08 Å². The maximum Gasteiger partial charge on any atom is 0.338 e. The summed E-state index contributed by atoms with van der Waals surface area (Å²) in [6, 6.07) is 5.75. The highest BCUT2D eigenvalue weighted by molar-refractivity contribution is 5.94. The van der Waals surface area contributed by atoms with Gasteiger partial charge >= 0.3 is 11.9 Å². The van der Waals surface area contributed by atoms with E-state index in [1.54, 1.807) is 13.0 Å². The molecule has 0 radical (unpaired) electrons. The fourth-order valence-corrected chi connectivity index (χ4v) is 1.12. The molecule has 0 aromatic heterocycles. The van der Waals surface area contributed by atoms with Crippen LogP contribution in [-0.4, -0.2) is 16.9 Å². The van der Waals surface area contributed by atoms with Crippen LogP contribution in [0.4, 0.5) is 5.69 Å². The lowest BCUT2D eigenvalue weighted by atomic mass is 10.2. The smallest absolute Gasteiger partial charge is 0.338 e. The van der Waals surface area contributed by atoms with Crippen LogP contribution in [0.2, 0.25) is 0 Å². The van der Waals surface area contributed by atoms with Gasteiger partial charge < -0.3 is 4.74 Å². The van der Waals surface area contributed by atoms with E-state index in [4.69, 9.17) is 0 Å². The van der Waals surface area contributed by atoms with Crippen molar-refractivity contribution in [3.8, 4) is 0 Å². The minimum absolute atomic E-state index is 0.0739. The molecular formula is C12H11NO5. The zero-order valence-electron chi connectivity index (χ0n) is 9.66. The number of benzene rings is 1. The van der Waals surface area contributed by atoms with Gasteiger partial charge in [-0.2, -0.15) is 0 Å². The molecule has 0 aliphatic rings. The summed E-state index contributed by atoms with van der Waals surface area (Å²) < 4.78 is 4.40. The van der Waals surface area contributed by atoms with Crippen LogP contribution in [0.15, 0.2) is 30.3 Å². The van der Waals surface area contributed by atoms with Crippen LogP contribution in [0, 0.1) is 10.1 Å². The van der Waals surface area contributed by atoms with E-state index in [1.807, 2.05) is 0 Å². The van der Waals surface area contributed by atoms with Crippen LogP contribution in [0.1, 0.15) is 18.9 Å². The Kier molecular flexibility index (Phi) is 4.74. The maximum atomic E-state index is 11.1. The number of hydrogen-bond acceptors (Lipinski definition) is 5. The van der Waals surface area contributed by atoms with Gasteiger partial charge in [0.2, 0.25) is 0 Å². The third-order valence-corrected chi connectivity index (χ3v) is 2.00. The second kappa shape index (κ2) is 6.29. The monoisotopic (exact) mass is 249 g/mol. The van der Waals surface area contributed by atoms with E-state index in [1.165, 1.54) is 24.3 Å². The van der Waals surface area contributed by atoms with E-state index >= 15 is 0 Å². The molecule has 6 heteroatoms. The molecule has 0 saturated carbocycles. The summed E-state index contributed by atoms with van der Waals surface area (Å²) in [4.78, 5) is 31.9. The van der Waals surface area contributed by atoms with E-state index in [9.17, 15) is 19.7 Å².